The summed E-state index contributed by atoms with van der Waals surface area (Å²) >= 11 is 0. The summed E-state index contributed by atoms with van der Waals surface area (Å²) in [5.74, 6) is -5.78. The van der Waals surface area contributed by atoms with Crippen molar-refractivity contribution in [3.8, 4) is 5.75 Å². The van der Waals surface area contributed by atoms with Crippen LogP contribution < -0.4 is 72.0 Å². The molecule has 0 fully saturated rings. The predicted octanol–water partition coefficient (Wildman–Crippen LogP) is -3.20. The normalized spacial score (nSPS) is 13.4. The van der Waals surface area contributed by atoms with Gasteiger partial charge in [0.1, 0.15) is 42.0 Å². The summed E-state index contributed by atoms with van der Waals surface area (Å²) in [6.45, 7) is 5.22. The van der Waals surface area contributed by atoms with Crippen molar-refractivity contribution < 1.29 is 38.7 Å². The minimum atomic E-state index is -1.31. The van der Waals surface area contributed by atoms with Crippen molar-refractivity contribution in [2.75, 3.05) is 19.6 Å². The van der Waals surface area contributed by atoms with Crippen LogP contribution in [0.5, 0.6) is 5.75 Å². The number of nitrogens with zero attached hydrogens (tertiary/aromatic N) is 3. The zero-order valence-electron chi connectivity index (χ0n) is 38.9. The Bertz CT molecular complexity index is 2050. The Hall–Kier alpha value is -7.66. The van der Waals surface area contributed by atoms with Gasteiger partial charge in [0.15, 0.2) is 17.9 Å². The van der Waals surface area contributed by atoms with Gasteiger partial charge in [-0.05, 0) is 74.1 Å². The largest absolute Gasteiger partial charge is 0.508 e. The number of carbonyl (C=O) groups is 7. The van der Waals surface area contributed by atoms with Crippen LogP contribution in [0.2, 0.25) is 0 Å². The Morgan fingerprint density at radius 1 is 0.485 bits per heavy atom. The Morgan fingerprint density at radius 2 is 0.838 bits per heavy atom. The molecule has 21 N–H and O–H groups in total. The first-order valence-electron chi connectivity index (χ1n) is 22.2. The Morgan fingerprint density at radius 3 is 1.25 bits per heavy atom. The molecule has 7 amide bonds. The number of nitrogens with one attached hydrogen (secondary N) is 6. The van der Waals surface area contributed by atoms with E-state index in [0.29, 0.717) is 17.5 Å². The minimum Gasteiger partial charge on any atom is -0.508 e. The van der Waals surface area contributed by atoms with Crippen molar-refractivity contribution in [1.29, 1.82) is 0 Å². The zero-order valence-corrected chi connectivity index (χ0v) is 38.9. The van der Waals surface area contributed by atoms with E-state index in [1.54, 1.807) is 42.5 Å². The molecule has 68 heavy (non-hydrogen) atoms. The van der Waals surface area contributed by atoms with Crippen molar-refractivity contribution in [1.82, 2.24) is 31.9 Å². The molecule has 0 aliphatic carbocycles. The molecule has 24 nitrogen and oxygen atoms in total. The number of aliphatic imine (C=N–C) groups is 3. The average Bonchev–Trinajstić information content (AvgIpc) is 3.26. The molecule has 374 valence electrons. The third kappa shape index (κ3) is 23.0. The number of phenols is 1. The number of rotatable bonds is 30. The van der Waals surface area contributed by atoms with E-state index in [-0.39, 0.29) is 101 Å². The number of hydrogen-bond donors (Lipinski definition) is 14. The van der Waals surface area contributed by atoms with Crippen LogP contribution in [0.25, 0.3) is 0 Å². The first-order valence-corrected chi connectivity index (χ1v) is 22.2. The molecule has 0 unspecified atom stereocenters. The maximum absolute atomic E-state index is 14.3. The van der Waals surface area contributed by atoms with E-state index in [2.05, 4.69) is 46.9 Å². The van der Waals surface area contributed by atoms with Gasteiger partial charge in [0.05, 0.1) is 0 Å². The van der Waals surface area contributed by atoms with E-state index < -0.39 is 77.6 Å². The van der Waals surface area contributed by atoms with Crippen molar-refractivity contribution >= 4 is 59.2 Å². The quantitative estimate of drug-likeness (QED) is 0.0209. The lowest BCUT2D eigenvalue weighted by Crippen LogP contribution is -2.60. The molecule has 2 aromatic carbocycles. The lowest BCUT2D eigenvalue weighted by Gasteiger charge is -2.28. The summed E-state index contributed by atoms with van der Waals surface area (Å²) in [7, 11) is 0. The summed E-state index contributed by atoms with van der Waals surface area (Å²) in [4.78, 5) is 107. The number of phenolic OH excluding ortho intramolecular Hbond substituents is 1. The van der Waals surface area contributed by atoms with Crippen LogP contribution in [0, 0.1) is 5.92 Å². The van der Waals surface area contributed by atoms with Gasteiger partial charge in [-0.1, -0.05) is 56.3 Å². The van der Waals surface area contributed by atoms with Gasteiger partial charge >= 0.3 is 0 Å². The molecule has 0 aromatic heterocycles. The minimum absolute atomic E-state index is 0.00154. The average molecular weight is 951 g/mol. The standard InChI is InChI=1S/C44H70N16O8/c1-25(2)22-34(40(67)56-31(13-8-20-53-43(48)49)38(65)58-33(36(45)63)23-28-15-17-29(62)18-16-28)59-39(66)32(14-9-21-54-44(50)51)57-41(68)35(24-27-10-5-4-6-11-27)60-37(64)30(55-26(3)61)12-7-19-52-42(46)47/h4-6,10-11,15-18,25,30-35,62H,7-9,12-14,19-24H2,1-3H3,(H2,45,63)(H,55,61)(H,56,67)(H,57,68)(H,58,65)(H,59,66)(H,60,64)(H4,46,47,52)(H4,48,49,53)(H4,50,51,54)/t30-,31-,32-,33-,34-,35-/m0/s1. The molecule has 0 radical (unpaired) electrons. The first-order chi connectivity index (χ1) is 32.1. The Balaban J connectivity index is 2.46. The number of benzene rings is 2. The third-order valence-electron chi connectivity index (χ3n) is 10.1. The smallest absolute Gasteiger partial charge is 0.243 e. The maximum Gasteiger partial charge on any atom is 0.243 e. The fourth-order valence-electron chi connectivity index (χ4n) is 6.78. The van der Waals surface area contributed by atoms with E-state index >= 15 is 0 Å². The summed E-state index contributed by atoms with van der Waals surface area (Å²) in [5.41, 5.74) is 39.8. The van der Waals surface area contributed by atoms with Crippen molar-refractivity contribution in [2.45, 2.75) is 115 Å². The Labute approximate surface area is 395 Å². The molecular formula is C44H70N16O8. The summed E-state index contributed by atoms with van der Waals surface area (Å²) in [6, 6.07) is 7.36. The highest BCUT2D eigenvalue weighted by molar-refractivity contribution is 5.97. The summed E-state index contributed by atoms with van der Waals surface area (Å²) < 4.78 is 0. The molecule has 0 bridgehead atoms. The molecule has 0 aliphatic heterocycles. The van der Waals surface area contributed by atoms with Crippen LogP contribution in [0.3, 0.4) is 0 Å². The highest BCUT2D eigenvalue weighted by Crippen LogP contribution is 2.14. The van der Waals surface area contributed by atoms with Crippen LogP contribution in [0.15, 0.2) is 69.6 Å². The molecule has 0 saturated carbocycles. The predicted molar refractivity (Wildman–Crippen MR) is 258 cm³/mol. The van der Waals surface area contributed by atoms with Gasteiger partial charge in [0.25, 0.3) is 0 Å². The molecule has 0 saturated heterocycles. The van der Waals surface area contributed by atoms with Crippen molar-refractivity contribution in [3.63, 3.8) is 0 Å². The topological polar surface area (TPSA) is 431 Å². The molecule has 0 aliphatic rings. The van der Waals surface area contributed by atoms with E-state index in [4.69, 9.17) is 40.1 Å². The number of guanidine groups is 3. The fraction of sp³-hybridized carbons (Fsp3) is 0.500. The second kappa shape index (κ2) is 29.8. The fourth-order valence-corrected chi connectivity index (χ4v) is 6.78. The van der Waals surface area contributed by atoms with Crippen LogP contribution in [-0.4, -0.2) is 120 Å². The molecular weight excluding hydrogens is 881 g/mol. The maximum atomic E-state index is 14.3. The van der Waals surface area contributed by atoms with Crippen molar-refractivity contribution in [2.24, 2.45) is 61.0 Å². The lowest BCUT2D eigenvalue weighted by atomic mass is 10.00. The van der Waals surface area contributed by atoms with Gasteiger partial charge in [0.2, 0.25) is 41.4 Å². The van der Waals surface area contributed by atoms with Crippen LogP contribution in [-0.2, 0) is 46.4 Å². The van der Waals surface area contributed by atoms with E-state index in [1.165, 1.54) is 19.1 Å². The number of nitrogens with two attached hydrogens (primary N) is 7. The molecule has 0 heterocycles. The third-order valence-corrected chi connectivity index (χ3v) is 10.1. The number of carbonyl (C=O) groups excluding carboxylic acids is 7. The molecule has 6 atom stereocenters. The number of hydrogen-bond acceptors (Lipinski definition) is 11. The lowest BCUT2D eigenvalue weighted by molar-refractivity contribution is -0.135. The van der Waals surface area contributed by atoms with Gasteiger partial charge in [-0.3, -0.25) is 48.5 Å². The SMILES string of the molecule is CC(=O)N[C@@H](CCCN=C(N)N)C(=O)N[C@@H](Cc1ccccc1)C(=O)N[C@@H](CCCN=C(N)N)C(=O)N[C@@H](CC(C)C)C(=O)N[C@@H](CCCN=C(N)N)C(=O)N[C@@H](Cc1ccc(O)cc1)C(N)=O. The van der Waals surface area contributed by atoms with Gasteiger partial charge in [-0.2, -0.15) is 0 Å². The number of amides is 7. The van der Waals surface area contributed by atoms with Gasteiger partial charge in [-0.25, -0.2) is 0 Å². The van der Waals surface area contributed by atoms with Gasteiger partial charge < -0.3 is 77.1 Å². The van der Waals surface area contributed by atoms with Crippen LogP contribution in [0.1, 0.15) is 76.8 Å². The van der Waals surface area contributed by atoms with Crippen LogP contribution >= 0.6 is 0 Å². The summed E-state index contributed by atoms with van der Waals surface area (Å²) in [5, 5.41) is 25.8. The second-order valence-corrected chi connectivity index (χ2v) is 16.5. The van der Waals surface area contributed by atoms with Gasteiger partial charge in [0, 0.05) is 39.4 Å². The van der Waals surface area contributed by atoms with Crippen molar-refractivity contribution in [3.05, 3.63) is 65.7 Å². The number of aromatic hydroxyl groups is 1. The van der Waals surface area contributed by atoms with E-state index in [1.807, 2.05) is 13.8 Å². The molecule has 2 rings (SSSR count). The Kier molecular flexibility index (Phi) is 24.7. The number of primary amides is 1. The monoisotopic (exact) mass is 951 g/mol. The molecule has 0 spiro atoms. The van der Waals surface area contributed by atoms with Gasteiger partial charge in [-0.15, -0.1) is 0 Å². The zero-order chi connectivity index (χ0) is 50.8. The van der Waals surface area contributed by atoms with E-state index in [9.17, 15) is 38.7 Å². The first kappa shape index (κ1) is 56.5. The molecule has 24 heteroatoms. The molecule has 2 aromatic rings. The summed E-state index contributed by atoms with van der Waals surface area (Å²) in [6.07, 6.45) is 0.859. The van der Waals surface area contributed by atoms with E-state index in [0.717, 1.165) is 0 Å². The van der Waals surface area contributed by atoms with Crippen LogP contribution in [0.4, 0.5) is 0 Å². The second-order valence-electron chi connectivity index (χ2n) is 16.5. The highest BCUT2D eigenvalue weighted by Gasteiger charge is 2.33. The highest BCUT2D eigenvalue weighted by atomic mass is 16.3.